The molecule has 0 saturated heterocycles. The highest BCUT2D eigenvalue weighted by Crippen LogP contribution is 2.18. The summed E-state index contributed by atoms with van der Waals surface area (Å²) in [5.41, 5.74) is 0. The van der Waals surface area contributed by atoms with Crippen LogP contribution in [0.4, 0.5) is 4.39 Å². The van der Waals surface area contributed by atoms with Gasteiger partial charge in [0.05, 0.1) is 16.5 Å². The molecule has 0 fully saturated rings. The molecule has 1 aromatic rings. The number of hydrogen-bond acceptors (Lipinski definition) is 3. The third-order valence-electron chi connectivity index (χ3n) is 1.39. The minimum atomic E-state index is -3.78. The Morgan fingerprint density at radius 2 is 2.14 bits per heavy atom. The minimum absolute atomic E-state index is 0.194. The fourth-order valence-electron chi connectivity index (χ4n) is 0.802. The standard InChI is InChI=1S/C7H7BrFNO3S/c1-13-10-14(11,12)5-2-3-6(8)7(9)4-5/h2-4,10H,1H3. The predicted molar refractivity (Wildman–Crippen MR) is 51.4 cm³/mol. The Bertz CT molecular complexity index is 435. The lowest BCUT2D eigenvalue weighted by molar-refractivity contribution is 0.153. The monoisotopic (exact) mass is 283 g/mol. The number of halogens is 2. The maximum absolute atomic E-state index is 13.0. The van der Waals surface area contributed by atoms with E-state index >= 15 is 0 Å². The van der Waals surface area contributed by atoms with E-state index in [9.17, 15) is 12.8 Å². The molecule has 0 saturated carbocycles. The molecule has 7 heteroatoms. The predicted octanol–water partition coefficient (Wildman–Crippen LogP) is 1.43. The lowest BCUT2D eigenvalue weighted by Gasteiger charge is -2.04. The summed E-state index contributed by atoms with van der Waals surface area (Å²) in [5.74, 6) is -0.649. The highest BCUT2D eigenvalue weighted by Gasteiger charge is 2.14. The molecule has 0 unspecified atom stereocenters. The molecule has 0 aliphatic heterocycles. The Hall–Kier alpha value is -0.500. The van der Waals surface area contributed by atoms with Gasteiger partial charge in [-0.3, -0.25) is 4.84 Å². The SMILES string of the molecule is CONS(=O)(=O)c1ccc(Br)c(F)c1. The summed E-state index contributed by atoms with van der Waals surface area (Å²) >= 11 is 2.91. The molecule has 0 amide bonds. The van der Waals surface area contributed by atoms with E-state index in [1.54, 1.807) is 4.89 Å². The van der Waals surface area contributed by atoms with Crippen molar-refractivity contribution in [1.82, 2.24) is 4.89 Å². The molecule has 1 aromatic carbocycles. The van der Waals surface area contributed by atoms with Gasteiger partial charge in [0.1, 0.15) is 5.82 Å². The highest BCUT2D eigenvalue weighted by atomic mass is 79.9. The molecular weight excluding hydrogens is 277 g/mol. The molecule has 78 valence electrons. The van der Waals surface area contributed by atoms with Crippen LogP contribution in [0.25, 0.3) is 0 Å². The molecule has 0 spiro atoms. The molecule has 14 heavy (non-hydrogen) atoms. The van der Waals surface area contributed by atoms with Crippen molar-refractivity contribution in [3.63, 3.8) is 0 Å². The Morgan fingerprint density at radius 3 is 2.64 bits per heavy atom. The van der Waals surface area contributed by atoms with Crippen molar-refractivity contribution >= 4 is 26.0 Å². The van der Waals surface area contributed by atoms with Crippen LogP contribution in [0.1, 0.15) is 0 Å². The van der Waals surface area contributed by atoms with Gasteiger partial charge in [0.15, 0.2) is 0 Å². The van der Waals surface area contributed by atoms with Gasteiger partial charge in [0.2, 0.25) is 0 Å². The van der Waals surface area contributed by atoms with Gasteiger partial charge in [0, 0.05) is 0 Å². The molecule has 0 radical (unpaired) electrons. The summed E-state index contributed by atoms with van der Waals surface area (Å²) < 4.78 is 35.7. The van der Waals surface area contributed by atoms with Gasteiger partial charge in [-0.15, -0.1) is 0 Å². The average Bonchev–Trinajstić information content (AvgIpc) is 2.09. The van der Waals surface area contributed by atoms with Crippen LogP contribution in [-0.2, 0) is 14.9 Å². The second-order valence-electron chi connectivity index (χ2n) is 2.37. The fourth-order valence-corrected chi connectivity index (χ4v) is 1.87. The highest BCUT2D eigenvalue weighted by molar-refractivity contribution is 9.10. The smallest absolute Gasteiger partial charge is 0.262 e. The van der Waals surface area contributed by atoms with Gasteiger partial charge in [-0.1, -0.05) is 4.89 Å². The zero-order valence-corrected chi connectivity index (χ0v) is 9.52. The van der Waals surface area contributed by atoms with E-state index in [1.807, 2.05) is 0 Å². The fraction of sp³-hybridized carbons (Fsp3) is 0.143. The first-order valence-electron chi connectivity index (χ1n) is 3.47. The van der Waals surface area contributed by atoms with Crippen LogP contribution >= 0.6 is 15.9 Å². The van der Waals surface area contributed by atoms with Crippen molar-refractivity contribution in [1.29, 1.82) is 0 Å². The van der Waals surface area contributed by atoms with Gasteiger partial charge < -0.3 is 0 Å². The average molecular weight is 284 g/mol. The number of benzene rings is 1. The summed E-state index contributed by atoms with van der Waals surface area (Å²) in [6, 6.07) is 3.46. The van der Waals surface area contributed by atoms with Crippen molar-refractivity contribution in [2.24, 2.45) is 0 Å². The first-order valence-corrected chi connectivity index (χ1v) is 5.75. The molecule has 1 N–H and O–H groups in total. The largest absolute Gasteiger partial charge is 0.290 e. The Labute approximate surface area is 89.2 Å². The third kappa shape index (κ3) is 2.50. The van der Waals surface area contributed by atoms with Crippen molar-refractivity contribution in [3.05, 3.63) is 28.5 Å². The quantitative estimate of drug-likeness (QED) is 0.854. The first kappa shape index (κ1) is 11.6. The maximum atomic E-state index is 13.0. The van der Waals surface area contributed by atoms with Crippen molar-refractivity contribution < 1.29 is 17.6 Å². The zero-order valence-electron chi connectivity index (χ0n) is 7.12. The molecule has 0 aromatic heterocycles. The van der Waals surface area contributed by atoms with E-state index in [4.69, 9.17) is 0 Å². The maximum Gasteiger partial charge on any atom is 0.262 e. The number of rotatable bonds is 3. The van der Waals surface area contributed by atoms with Crippen LogP contribution in [0.5, 0.6) is 0 Å². The Morgan fingerprint density at radius 1 is 1.50 bits per heavy atom. The van der Waals surface area contributed by atoms with E-state index in [2.05, 4.69) is 20.8 Å². The van der Waals surface area contributed by atoms with Crippen LogP contribution in [0.15, 0.2) is 27.6 Å². The van der Waals surface area contributed by atoms with E-state index in [1.165, 1.54) is 12.1 Å². The van der Waals surface area contributed by atoms with Crippen molar-refractivity contribution in [2.75, 3.05) is 7.11 Å². The summed E-state index contributed by atoms with van der Waals surface area (Å²) in [7, 11) is -2.62. The summed E-state index contributed by atoms with van der Waals surface area (Å²) in [6.45, 7) is 0. The first-order chi connectivity index (χ1) is 6.47. The van der Waals surface area contributed by atoms with Gasteiger partial charge >= 0.3 is 0 Å². The van der Waals surface area contributed by atoms with Gasteiger partial charge in [-0.05, 0) is 34.1 Å². The lowest BCUT2D eigenvalue weighted by Crippen LogP contribution is -2.22. The van der Waals surface area contributed by atoms with E-state index in [0.717, 1.165) is 13.2 Å². The zero-order chi connectivity index (χ0) is 10.8. The van der Waals surface area contributed by atoms with Gasteiger partial charge in [-0.25, -0.2) is 12.8 Å². The van der Waals surface area contributed by atoms with Crippen LogP contribution in [0.2, 0.25) is 0 Å². The molecule has 0 atom stereocenters. The summed E-state index contributed by atoms with van der Waals surface area (Å²) in [6.07, 6.45) is 0. The topological polar surface area (TPSA) is 55.4 Å². The van der Waals surface area contributed by atoms with E-state index in [-0.39, 0.29) is 9.37 Å². The van der Waals surface area contributed by atoms with Crippen LogP contribution < -0.4 is 4.89 Å². The van der Waals surface area contributed by atoms with Crippen LogP contribution in [-0.4, -0.2) is 15.5 Å². The second-order valence-corrected chi connectivity index (χ2v) is 4.87. The van der Waals surface area contributed by atoms with Crippen molar-refractivity contribution in [3.8, 4) is 0 Å². The molecule has 0 aliphatic carbocycles. The van der Waals surface area contributed by atoms with E-state index in [0.29, 0.717) is 0 Å². The van der Waals surface area contributed by atoms with Gasteiger partial charge in [0.25, 0.3) is 10.0 Å². The molecule has 0 heterocycles. The Kier molecular flexibility index (Phi) is 3.59. The van der Waals surface area contributed by atoms with Gasteiger partial charge in [-0.2, -0.15) is 0 Å². The summed E-state index contributed by atoms with van der Waals surface area (Å²) in [4.78, 5) is 5.84. The third-order valence-corrected chi connectivity index (χ3v) is 3.30. The summed E-state index contributed by atoms with van der Waals surface area (Å²) in [5, 5.41) is 0. The number of sulfonamides is 1. The minimum Gasteiger partial charge on any atom is -0.290 e. The molecule has 0 bridgehead atoms. The molecule has 1 rings (SSSR count). The molecular formula is C7H7BrFNO3S. The van der Waals surface area contributed by atoms with E-state index < -0.39 is 15.8 Å². The van der Waals surface area contributed by atoms with Crippen LogP contribution in [0, 0.1) is 5.82 Å². The normalized spacial score (nSPS) is 11.6. The number of nitrogens with one attached hydrogen (secondary N) is 1. The molecule has 4 nitrogen and oxygen atoms in total. The molecule has 0 aliphatic rings. The van der Waals surface area contributed by atoms with Crippen LogP contribution in [0.3, 0.4) is 0 Å². The van der Waals surface area contributed by atoms with Crippen molar-refractivity contribution in [2.45, 2.75) is 4.90 Å². The number of hydrogen-bond donors (Lipinski definition) is 1. The lowest BCUT2D eigenvalue weighted by atomic mass is 10.3. The Balaban J connectivity index is 3.15. The second kappa shape index (κ2) is 4.35.